The van der Waals surface area contributed by atoms with Gasteiger partial charge in [0.2, 0.25) is 5.95 Å². The average molecular weight is 256 g/mol. The molecule has 0 spiro atoms. The van der Waals surface area contributed by atoms with Crippen molar-refractivity contribution in [1.29, 1.82) is 0 Å². The lowest BCUT2D eigenvalue weighted by molar-refractivity contribution is 0.454. The molecule has 0 saturated carbocycles. The third-order valence-corrected chi connectivity index (χ3v) is 3.20. The summed E-state index contributed by atoms with van der Waals surface area (Å²) in [6.07, 6.45) is 9.08. The minimum absolute atomic E-state index is 0.471. The number of hydrogen-bond acceptors (Lipinski definition) is 6. The minimum Gasteiger partial charge on any atom is -0.316 e. The number of piperidine rings is 1. The first kappa shape index (κ1) is 12.0. The molecule has 2 N–H and O–H groups in total. The van der Waals surface area contributed by atoms with E-state index in [0.717, 1.165) is 18.8 Å². The second-order valence-corrected chi connectivity index (χ2v) is 4.56. The number of nitrogens with zero attached hydrogens (tertiary/aromatic N) is 4. The van der Waals surface area contributed by atoms with Crippen molar-refractivity contribution >= 4 is 11.8 Å². The Kier molecular flexibility index (Phi) is 3.60. The van der Waals surface area contributed by atoms with E-state index in [-0.39, 0.29) is 0 Å². The van der Waals surface area contributed by atoms with Crippen LogP contribution in [0.5, 0.6) is 0 Å². The molecule has 3 heterocycles. The molecule has 1 aliphatic rings. The van der Waals surface area contributed by atoms with Gasteiger partial charge >= 0.3 is 0 Å². The van der Waals surface area contributed by atoms with E-state index in [0.29, 0.717) is 17.7 Å². The van der Waals surface area contributed by atoms with Crippen LogP contribution in [0.25, 0.3) is 0 Å². The highest BCUT2D eigenvalue weighted by Crippen LogP contribution is 2.22. The smallest absolute Gasteiger partial charge is 0.228 e. The SMILES string of the molecule is c1cnc(Nc2nccc([C@H]3CCCNC3)n2)cn1. The van der Waals surface area contributed by atoms with Gasteiger partial charge in [0.1, 0.15) is 0 Å². The zero-order valence-electron chi connectivity index (χ0n) is 10.6. The van der Waals surface area contributed by atoms with Crippen LogP contribution < -0.4 is 10.6 Å². The molecule has 0 amide bonds. The zero-order valence-corrected chi connectivity index (χ0v) is 10.6. The van der Waals surface area contributed by atoms with E-state index in [4.69, 9.17) is 0 Å². The van der Waals surface area contributed by atoms with Crippen LogP contribution >= 0.6 is 0 Å². The minimum atomic E-state index is 0.471. The number of rotatable bonds is 3. The Balaban J connectivity index is 1.76. The zero-order chi connectivity index (χ0) is 12.9. The standard InChI is InChI=1S/C13H16N6/c1-2-10(8-14-4-1)11-3-5-17-13(18-11)19-12-9-15-6-7-16-12/h3,5-7,9-10,14H,1-2,4,8H2,(H,16,17,18,19)/t10-/m0/s1. The lowest BCUT2D eigenvalue weighted by Crippen LogP contribution is -2.28. The molecule has 1 fully saturated rings. The molecule has 2 aromatic heterocycles. The van der Waals surface area contributed by atoms with Crippen LogP contribution in [0.4, 0.5) is 11.8 Å². The second-order valence-electron chi connectivity index (χ2n) is 4.56. The van der Waals surface area contributed by atoms with Gasteiger partial charge in [0.05, 0.1) is 11.9 Å². The molecule has 2 aromatic rings. The van der Waals surface area contributed by atoms with Gasteiger partial charge in [0.25, 0.3) is 0 Å². The summed E-state index contributed by atoms with van der Waals surface area (Å²) in [5.41, 5.74) is 1.08. The Morgan fingerprint density at radius 3 is 3.00 bits per heavy atom. The number of hydrogen-bond donors (Lipinski definition) is 2. The molecule has 1 aliphatic heterocycles. The van der Waals surface area contributed by atoms with E-state index in [1.807, 2.05) is 6.07 Å². The van der Waals surface area contributed by atoms with Crippen LogP contribution in [0, 0.1) is 0 Å². The van der Waals surface area contributed by atoms with E-state index in [9.17, 15) is 0 Å². The molecular formula is C13H16N6. The van der Waals surface area contributed by atoms with Crippen LogP contribution in [0.15, 0.2) is 30.9 Å². The molecule has 19 heavy (non-hydrogen) atoms. The van der Waals surface area contributed by atoms with E-state index in [1.165, 1.54) is 12.8 Å². The molecule has 0 aromatic carbocycles. The first-order valence-corrected chi connectivity index (χ1v) is 6.48. The molecule has 1 saturated heterocycles. The van der Waals surface area contributed by atoms with E-state index in [1.54, 1.807) is 24.8 Å². The van der Waals surface area contributed by atoms with Crippen molar-refractivity contribution in [2.45, 2.75) is 18.8 Å². The highest BCUT2D eigenvalue weighted by atomic mass is 15.1. The van der Waals surface area contributed by atoms with Gasteiger partial charge in [-0.15, -0.1) is 0 Å². The summed E-state index contributed by atoms with van der Waals surface area (Å²) in [5, 5.41) is 6.47. The van der Waals surface area contributed by atoms with Crippen molar-refractivity contribution in [3.8, 4) is 0 Å². The summed E-state index contributed by atoms with van der Waals surface area (Å²) < 4.78 is 0. The number of nitrogens with one attached hydrogen (secondary N) is 2. The van der Waals surface area contributed by atoms with Crippen LogP contribution in [0.2, 0.25) is 0 Å². The van der Waals surface area contributed by atoms with E-state index >= 15 is 0 Å². The number of anilines is 2. The van der Waals surface area contributed by atoms with Crippen molar-refractivity contribution in [3.05, 3.63) is 36.5 Å². The van der Waals surface area contributed by atoms with Crippen LogP contribution in [0.3, 0.4) is 0 Å². The third-order valence-electron chi connectivity index (χ3n) is 3.20. The van der Waals surface area contributed by atoms with Crippen molar-refractivity contribution in [2.75, 3.05) is 18.4 Å². The largest absolute Gasteiger partial charge is 0.316 e. The fourth-order valence-electron chi connectivity index (χ4n) is 2.24. The van der Waals surface area contributed by atoms with Gasteiger partial charge < -0.3 is 10.6 Å². The molecule has 1 atom stereocenters. The van der Waals surface area contributed by atoms with Gasteiger partial charge in [-0.05, 0) is 25.5 Å². The van der Waals surface area contributed by atoms with Crippen LogP contribution in [0.1, 0.15) is 24.5 Å². The molecule has 6 heteroatoms. The Labute approximate surface area is 111 Å². The van der Waals surface area contributed by atoms with Crippen molar-refractivity contribution in [2.24, 2.45) is 0 Å². The highest BCUT2D eigenvalue weighted by molar-refractivity contribution is 5.45. The molecule has 98 valence electrons. The van der Waals surface area contributed by atoms with Crippen molar-refractivity contribution in [1.82, 2.24) is 25.3 Å². The summed E-state index contributed by atoms with van der Waals surface area (Å²) in [6.45, 7) is 2.09. The van der Waals surface area contributed by atoms with Gasteiger partial charge in [-0.25, -0.2) is 15.0 Å². The quantitative estimate of drug-likeness (QED) is 0.866. The Hall–Kier alpha value is -2.08. The van der Waals surface area contributed by atoms with Crippen molar-refractivity contribution < 1.29 is 0 Å². The predicted octanol–water partition coefficient (Wildman–Crippen LogP) is 1.48. The summed E-state index contributed by atoms with van der Waals surface area (Å²) >= 11 is 0. The first-order chi connectivity index (χ1) is 9.42. The summed E-state index contributed by atoms with van der Waals surface area (Å²) in [7, 11) is 0. The van der Waals surface area contributed by atoms with Gasteiger partial charge in [0.15, 0.2) is 5.82 Å². The lowest BCUT2D eigenvalue weighted by atomic mass is 9.96. The van der Waals surface area contributed by atoms with Gasteiger partial charge in [-0.2, -0.15) is 0 Å². The molecule has 0 bridgehead atoms. The van der Waals surface area contributed by atoms with Gasteiger partial charge in [-0.3, -0.25) is 4.98 Å². The molecule has 0 aliphatic carbocycles. The van der Waals surface area contributed by atoms with E-state index < -0.39 is 0 Å². The summed E-state index contributed by atoms with van der Waals surface area (Å²) in [4.78, 5) is 16.9. The Morgan fingerprint density at radius 1 is 1.21 bits per heavy atom. The topological polar surface area (TPSA) is 75.6 Å². The van der Waals surface area contributed by atoms with Crippen molar-refractivity contribution in [3.63, 3.8) is 0 Å². The third kappa shape index (κ3) is 3.03. The maximum atomic E-state index is 4.56. The fraction of sp³-hybridized carbons (Fsp3) is 0.385. The second kappa shape index (κ2) is 5.71. The number of aromatic nitrogens is 4. The average Bonchev–Trinajstić information content (AvgIpc) is 2.49. The molecular weight excluding hydrogens is 240 g/mol. The van der Waals surface area contributed by atoms with Crippen LogP contribution in [-0.2, 0) is 0 Å². The first-order valence-electron chi connectivity index (χ1n) is 6.48. The van der Waals surface area contributed by atoms with Crippen LogP contribution in [-0.4, -0.2) is 33.0 Å². The maximum Gasteiger partial charge on any atom is 0.228 e. The normalized spacial score (nSPS) is 19.1. The molecule has 3 rings (SSSR count). The Bertz CT molecular complexity index is 524. The molecule has 6 nitrogen and oxygen atoms in total. The fourth-order valence-corrected chi connectivity index (χ4v) is 2.24. The molecule has 0 unspecified atom stereocenters. The maximum absolute atomic E-state index is 4.56. The lowest BCUT2D eigenvalue weighted by Gasteiger charge is -2.22. The highest BCUT2D eigenvalue weighted by Gasteiger charge is 2.16. The predicted molar refractivity (Wildman–Crippen MR) is 72.2 cm³/mol. The van der Waals surface area contributed by atoms with Gasteiger partial charge in [-0.1, -0.05) is 0 Å². The molecule has 0 radical (unpaired) electrons. The van der Waals surface area contributed by atoms with E-state index in [2.05, 4.69) is 30.6 Å². The monoisotopic (exact) mass is 256 g/mol. The van der Waals surface area contributed by atoms with Gasteiger partial charge in [0, 0.05) is 31.1 Å². The summed E-state index contributed by atoms with van der Waals surface area (Å²) in [6, 6.07) is 1.99. The Morgan fingerprint density at radius 2 is 2.21 bits per heavy atom. The summed E-state index contributed by atoms with van der Waals surface area (Å²) in [5.74, 6) is 1.70.